The molecule has 0 aliphatic heterocycles. The average molecular weight is 460 g/mol. The number of H-pyrrole nitrogens is 1. The number of nitrogens with zero attached hydrogens (tertiary/aromatic N) is 1. The van der Waals surface area contributed by atoms with Gasteiger partial charge in [0, 0.05) is 11.3 Å². The highest BCUT2D eigenvalue weighted by atomic mass is 32.1. The normalized spacial score (nSPS) is 11.0. The predicted octanol–water partition coefficient (Wildman–Crippen LogP) is 5.84. The fraction of sp³-hybridized carbons (Fsp3) is 0.0417. The first-order valence-corrected chi connectivity index (χ1v) is 10.8. The topological polar surface area (TPSA) is 100 Å². The number of carbonyl (C=O) groups excluding carboxylic acids is 2. The molecule has 0 radical (unpaired) electrons. The number of thiophene rings is 1. The molecule has 5 rings (SSSR count). The molecule has 0 unspecified atom stereocenters. The van der Waals surface area contributed by atoms with Gasteiger partial charge in [-0.15, -0.1) is 11.3 Å². The number of rotatable bonds is 5. The van der Waals surface area contributed by atoms with Crippen molar-refractivity contribution in [3.05, 3.63) is 88.9 Å². The average Bonchev–Trinajstić information content (AvgIpc) is 3.53. The van der Waals surface area contributed by atoms with Crippen LogP contribution in [0.5, 0.6) is 0 Å². The Morgan fingerprint density at radius 2 is 1.91 bits per heavy atom. The molecule has 0 fully saturated rings. The second-order valence-electron chi connectivity index (χ2n) is 7.34. The molecule has 0 atom stereocenters. The Labute approximate surface area is 191 Å². The van der Waals surface area contributed by atoms with Crippen LogP contribution in [-0.2, 0) is 0 Å². The van der Waals surface area contributed by atoms with Crippen molar-refractivity contribution in [3.63, 3.8) is 0 Å². The fourth-order valence-corrected chi connectivity index (χ4v) is 4.36. The van der Waals surface area contributed by atoms with Crippen molar-refractivity contribution in [3.8, 4) is 11.4 Å². The van der Waals surface area contributed by atoms with Crippen LogP contribution in [-0.4, -0.2) is 21.8 Å². The zero-order valence-corrected chi connectivity index (χ0v) is 18.1. The number of imidazole rings is 1. The van der Waals surface area contributed by atoms with Crippen LogP contribution in [0.15, 0.2) is 71.3 Å². The van der Waals surface area contributed by atoms with Crippen molar-refractivity contribution in [2.75, 3.05) is 10.6 Å². The maximum atomic E-state index is 13.5. The molecule has 0 saturated carbocycles. The Kier molecular flexibility index (Phi) is 5.23. The van der Waals surface area contributed by atoms with E-state index in [9.17, 15) is 14.0 Å². The molecule has 3 heterocycles. The molecule has 164 valence electrons. The van der Waals surface area contributed by atoms with Crippen molar-refractivity contribution in [2.45, 2.75) is 6.92 Å². The Morgan fingerprint density at radius 3 is 2.70 bits per heavy atom. The molecule has 9 heteroatoms. The molecule has 33 heavy (non-hydrogen) atoms. The van der Waals surface area contributed by atoms with Crippen molar-refractivity contribution in [1.82, 2.24) is 9.97 Å². The maximum absolute atomic E-state index is 13.5. The largest absolute Gasteiger partial charge is 0.459 e. The number of carbonyl (C=O) groups is 2. The highest BCUT2D eigenvalue weighted by Crippen LogP contribution is 2.29. The minimum atomic E-state index is -0.382. The van der Waals surface area contributed by atoms with Crippen LogP contribution >= 0.6 is 11.3 Å². The molecular formula is C24H17FN4O3S. The third-order valence-corrected chi connectivity index (χ3v) is 6.09. The lowest BCUT2D eigenvalue weighted by atomic mass is 10.2. The van der Waals surface area contributed by atoms with E-state index in [-0.39, 0.29) is 23.4 Å². The summed E-state index contributed by atoms with van der Waals surface area (Å²) in [6.07, 6.45) is 1.42. The number of aromatic amines is 1. The highest BCUT2D eigenvalue weighted by molar-refractivity contribution is 7.18. The molecule has 0 saturated heterocycles. The molecule has 0 aliphatic carbocycles. The first-order chi connectivity index (χ1) is 16.0. The number of aromatic nitrogens is 2. The molecule has 0 bridgehead atoms. The minimum absolute atomic E-state index is 0.192. The number of furan rings is 1. The summed E-state index contributed by atoms with van der Waals surface area (Å²) < 4.78 is 18.6. The summed E-state index contributed by atoms with van der Waals surface area (Å²) in [5.74, 6) is -0.282. The first-order valence-electron chi connectivity index (χ1n) is 9.98. The Bertz CT molecular complexity index is 1490. The molecule has 3 aromatic heterocycles. The summed E-state index contributed by atoms with van der Waals surface area (Å²) in [6.45, 7) is 1.80. The van der Waals surface area contributed by atoms with Crippen LogP contribution < -0.4 is 10.6 Å². The lowest BCUT2D eigenvalue weighted by Crippen LogP contribution is -2.11. The summed E-state index contributed by atoms with van der Waals surface area (Å²) in [5, 5.41) is 6.16. The van der Waals surface area contributed by atoms with Crippen molar-refractivity contribution < 1.29 is 18.4 Å². The van der Waals surface area contributed by atoms with Crippen LogP contribution in [0.3, 0.4) is 0 Å². The van der Waals surface area contributed by atoms with Crippen molar-refractivity contribution in [1.29, 1.82) is 0 Å². The van der Waals surface area contributed by atoms with Gasteiger partial charge in [-0.05, 0) is 61.0 Å². The summed E-state index contributed by atoms with van der Waals surface area (Å²) in [6, 6.07) is 16.4. The van der Waals surface area contributed by atoms with Crippen LogP contribution in [0.2, 0.25) is 0 Å². The number of aryl methyl sites for hydroxylation is 1. The summed E-state index contributed by atoms with van der Waals surface area (Å²) in [4.78, 5) is 33.2. The number of hydrogen-bond donors (Lipinski definition) is 3. The zero-order chi connectivity index (χ0) is 22.9. The van der Waals surface area contributed by atoms with Gasteiger partial charge in [0.25, 0.3) is 11.8 Å². The molecule has 7 nitrogen and oxygen atoms in total. The van der Waals surface area contributed by atoms with E-state index in [4.69, 9.17) is 4.42 Å². The quantitative estimate of drug-likeness (QED) is 0.307. The number of amides is 2. The van der Waals surface area contributed by atoms with Crippen LogP contribution in [0.4, 0.5) is 15.1 Å². The fourth-order valence-electron chi connectivity index (χ4n) is 3.40. The SMILES string of the molecule is Cc1cc(NC(=O)c2ccco2)sc1C(=O)Nc1ccc2nc(-c3cccc(F)c3)[nH]c2c1. The molecule has 0 spiro atoms. The van der Waals surface area contributed by atoms with Crippen LogP contribution in [0, 0.1) is 12.7 Å². The van der Waals surface area contributed by atoms with Gasteiger partial charge in [-0.2, -0.15) is 0 Å². The lowest BCUT2D eigenvalue weighted by Gasteiger charge is -2.04. The number of anilines is 2. The summed E-state index contributed by atoms with van der Waals surface area (Å²) in [5.41, 5.74) is 3.36. The lowest BCUT2D eigenvalue weighted by molar-refractivity contribution is 0.0995. The van der Waals surface area contributed by atoms with E-state index in [1.54, 1.807) is 55.5 Å². The first kappa shape index (κ1) is 20.7. The molecule has 2 amide bonds. The van der Waals surface area contributed by atoms with Crippen LogP contribution in [0.25, 0.3) is 22.4 Å². The Balaban J connectivity index is 1.33. The van der Waals surface area contributed by atoms with Gasteiger partial charge in [0.05, 0.1) is 27.2 Å². The number of benzene rings is 2. The van der Waals surface area contributed by atoms with E-state index in [1.807, 2.05) is 0 Å². The molecule has 3 N–H and O–H groups in total. The predicted molar refractivity (Wildman–Crippen MR) is 125 cm³/mol. The van der Waals surface area contributed by atoms with Crippen molar-refractivity contribution in [2.24, 2.45) is 0 Å². The highest BCUT2D eigenvalue weighted by Gasteiger charge is 2.17. The van der Waals surface area contributed by atoms with Gasteiger partial charge in [0.15, 0.2) is 5.76 Å². The second-order valence-corrected chi connectivity index (χ2v) is 8.39. The Morgan fingerprint density at radius 1 is 1.03 bits per heavy atom. The minimum Gasteiger partial charge on any atom is -0.459 e. The number of nitrogens with one attached hydrogen (secondary N) is 3. The van der Waals surface area contributed by atoms with Gasteiger partial charge in [0.1, 0.15) is 11.6 Å². The third-order valence-electron chi connectivity index (χ3n) is 4.94. The number of halogens is 1. The standard InChI is InChI=1S/C24H17FN4O3S/c1-13-10-20(29-23(30)19-6-3-9-32-19)33-21(13)24(31)26-16-7-8-17-18(12-16)28-22(27-17)14-4-2-5-15(25)11-14/h2-12H,1H3,(H,26,31)(H,27,28)(H,29,30). The van der Waals surface area contributed by atoms with Gasteiger partial charge >= 0.3 is 0 Å². The van der Waals surface area contributed by atoms with E-state index in [0.717, 1.165) is 5.56 Å². The smallest absolute Gasteiger partial charge is 0.291 e. The zero-order valence-electron chi connectivity index (χ0n) is 17.3. The van der Waals surface area contributed by atoms with Gasteiger partial charge in [-0.25, -0.2) is 9.37 Å². The van der Waals surface area contributed by atoms with E-state index in [2.05, 4.69) is 20.6 Å². The second kappa shape index (κ2) is 8.36. The number of hydrogen-bond acceptors (Lipinski definition) is 5. The van der Waals surface area contributed by atoms with E-state index >= 15 is 0 Å². The molecular weight excluding hydrogens is 443 g/mol. The van der Waals surface area contributed by atoms with Crippen molar-refractivity contribution >= 4 is 44.9 Å². The van der Waals surface area contributed by atoms with Crippen LogP contribution in [0.1, 0.15) is 25.8 Å². The summed E-state index contributed by atoms with van der Waals surface area (Å²) in [7, 11) is 0. The monoisotopic (exact) mass is 460 g/mol. The maximum Gasteiger partial charge on any atom is 0.291 e. The van der Waals surface area contributed by atoms with E-state index < -0.39 is 0 Å². The molecule has 2 aromatic carbocycles. The summed E-state index contributed by atoms with van der Waals surface area (Å²) >= 11 is 1.18. The van der Waals surface area contributed by atoms with Gasteiger partial charge < -0.3 is 20.0 Å². The third kappa shape index (κ3) is 4.26. The molecule has 0 aliphatic rings. The molecule has 5 aromatic rings. The van der Waals surface area contributed by atoms with Gasteiger partial charge in [0.2, 0.25) is 0 Å². The Hall–Kier alpha value is -4.24. The van der Waals surface area contributed by atoms with Gasteiger partial charge in [-0.1, -0.05) is 12.1 Å². The number of fused-ring (bicyclic) bond motifs is 1. The van der Waals surface area contributed by atoms with Gasteiger partial charge in [-0.3, -0.25) is 9.59 Å². The van der Waals surface area contributed by atoms with E-state index in [0.29, 0.717) is 38.0 Å². The van der Waals surface area contributed by atoms with E-state index in [1.165, 1.54) is 29.7 Å².